The molecule has 6 heteroatoms. The molecule has 0 bridgehead atoms. The van der Waals surface area contributed by atoms with Crippen LogP contribution in [0.3, 0.4) is 0 Å². The Morgan fingerprint density at radius 3 is 2.62 bits per heavy atom. The van der Waals surface area contributed by atoms with Crippen molar-refractivity contribution < 1.29 is 13.6 Å². The maximum absolute atomic E-state index is 12.5. The molecule has 0 spiro atoms. The molecule has 1 amide bonds. The maximum atomic E-state index is 12.5. The summed E-state index contributed by atoms with van der Waals surface area (Å²) in [6.45, 7) is 4.46. The molecule has 1 aromatic heterocycles. The largest absolute Gasteiger partial charge is 0.378 e. The number of hydrogen-bond donors (Lipinski definition) is 1. The average Bonchev–Trinajstić information content (AvgIpc) is 2.60. The van der Waals surface area contributed by atoms with Crippen LogP contribution in [0.5, 0.6) is 0 Å². The van der Waals surface area contributed by atoms with Gasteiger partial charge in [-0.15, -0.1) is 0 Å². The molecule has 0 saturated heterocycles. The molecule has 24 heavy (non-hydrogen) atoms. The molecule has 2 rings (SSSR count). The second-order valence-corrected chi connectivity index (χ2v) is 5.58. The molecule has 1 heterocycles. The van der Waals surface area contributed by atoms with Gasteiger partial charge in [-0.25, -0.2) is 8.78 Å². The fraction of sp³-hybridized carbons (Fsp3) is 0.333. The molecule has 0 saturated carbocycles. The Labute approximate surface area is 140 Å². The second kappa shape index (κ2) is 7.86. The van der Waals surface area contributed by atoms with Crippen molar-refractivity contribution in [3.8, 4) is 0 Å². The van der Waals surface area contributed by atoms with Crippen LogP contribution in [0.15, 0.2) is 42.6 Å². The van der Waals surface area contributed by atoms with Gasteiger partial charge in [0.1, 0.15) is 5.69 Å². The highest BCUT2D eigenvalue weighted by molar-refractivity contribution is 5.94. The van der Waals surface area contributed by atoms with Gasteiger partial charge in [0.2, 0.25) is 0 Å². The maximum Gasteiger partial charge on any atom is 0.280 e. The number of rotatable bonds is 6. The van der Waals surface area contributed by atoms with Gasteiger partial charge in [-0.1, -0.05) is 12.1 Å². The summed E-state index contributed by atoms with van der Waals surface area (Å²) in [4.78, 5) is 17.6. The van der Waals surface area contributed by atoms with Gasteiger partial charge in [0.25, 0.3) is 12.3 Å². The Bertz CT molecular complexity index is 689. The normalized spacial score (nSPS) is 12.1. The van der Waals surface area contributed by atoms with Crippen molar-refractivity contribution in [1.29, 1.82) is 0 Å². The molecular weight excluding hydrogens is 312 g/mol. The molecule has 2 aromatic rings. The van der Waals surface area contributed by atoms with Crippen molar-refractivity contribution in [2.45, 2.75) is 26.3 Å². The molecule has 0 aliphatic heterocycles. The number of amides is 1. The highest BCUT2D eigenvalue weighted by Crippen LogP contribution is 2.22. The first-order valence-electron chi connectivity index (χ1n) is 7.78. The van der Waals surface area contributed by atoms with Gasteiger partial charge in [0.05, 0.1) is 6.04 Å². The van der Waals surface area contributed by atoms with E-state index in [4.69, 9.17) is 0 Å². The first-order valence-corrected chi connectivity index (χ1v) is 7.78. The molecule has 4 nitrogen and oxygen atoms in total. The third kappa shape index (κ3) is 4.28. The van der Waals surface area contributed by atoms with E-state index in [1.54, 1.807) is 30.1 Å². The predicted octanol–water partition coefficient (Wildman–Crippen LogP) is 4.28. The standard InChI is InChI=1S/C18H21F2N3O/c1-4-23(3)18(24)13-6-5-7-15(10-13)22-12(2)14-8-9-16(17(19)20)21-11-14/h5-12,17,22H,4H2,1-3H3. The van der Waals surface area contributed by atoms with Crippen molar-refractivity contribution >= 4 is 11.6 Å². The molecular formula is C18H21F2N3O. The van der Waals surface area contributed by atoms with E-state index in [0.29, 0.717) is 12.1 Å². The average molecular weight is 333 g/mol. The quantitative estimate of drug-likeness (QED) is 0.858. The van der Waals surface area contributed by atoms with E-state index in [1.807, 2.05) is 26.0 Å². The lowest BCUT2D eigenvalue weighted by Crippen LogP contribution is -2.26. The van der Waals surface area contributed by atoms with Crippen molar-refractivity contribution in [3.05, 3.63) is 59.4 Å². The van der Waals surface area contributed by atoms with Crippen molar-refractivity contribution in [3.63, 3.8) is 0 Å². The molecule has 0 aliphatic rings. The van der Waals surface area contributed by atoms with E-state index in [2.05, 4.69) is 10.3 Å². The van der Waals surface area contributed by atoms with Gasteiger partial charge >= 0.3 is 0 Å². The predicted molar refractivity (Wildman–Crippen MR) is 90.3 cm³/mol. The molecule has 0 fully saturated rings. The van der Waals surface area contributed by atoms with Crippen LogP contribution in [-0.4, -0.2) is 29.4 Å². The Kier molecular flexibility index (Phi) is 5.84. The van der Waals surface area contributed by atoms with E-state index >= 15 is 0 Å². The Morgan fingerprint density at radius 1 is 1.29 bits per heavy atom. The van der Waals surface area contributed by atoms with Crippen LogP contribution in [0.1, 0.15) is 47.9 Å². The van der Waals surface area contributed by atoms with E-state index in [-0.39, 0.29) is 17.6 Å². The summed E-state index contributed by atoms with van der Waals surface area (Å²) in [6, 6.07) is 10.1. The number of pyridine rings is 1. The third-order valence-electron chi connectivity index (χ3n) is 3.85. The minimum absolute atomic E-state index is 0.0447. The van der Waals surface area contributed by atoms with Gasteiger partial charge in [0, 0.05) is 31.0 Å². The number of carbonyl (C=O) groups is 1. The summed E-state index contributed by atoms with van der Waals surface area (Å²) >= 11 is 0. The van der Waals surface area contributed by atoms with Crippen LogP contribution < -0.4 is 5.32 Å². The minimum Gasteiger partial charge on any atom is -0.378 e. The SMILES string of the molecule is CCN(C)C(=O)c1cccc(NC(C)c2ccc(C(F)F)nc2)c1. The lowest BCUT2D eigenvalue weighted by Gasteiger charge is -2.18. The van der Waals surface area contributed by atoms with Gasteiger partial charge in [-0.3, -0.25) is 9.78 Å². The molecule has 1 N–H and O–H groups in total. The van der Waals surface area contributed by atoms with Crippen LogP contribution in [0.2, 0.25) is 0 Å². The molecule has 128 valence electrons. The highest BCUT2D eigenvalue weighted by Gasteiger charge is 2.13. The number of alkyl halides is 2. The fourth-order valence-corrected chi connectivity index (χ4v) is 2.24. The Morgan fingerprint density at radius 2 is 2.04 bits per heavy atom. The van der Waals surface area contributed by atoms with Crippen LogP contribution in [0.4, 0.5) is 14.5 Å². The number of carbonyl (C=O) groups excluding carboxylic acids is 1. The smallest absolute Gasteiger partial charge is 0.280 e. The molecule has 1 aromatic carbocycles. The van der Waals surface area contributed by atoms with Gasteiger partial charge < -0.3 is 10.2 Å². The third-order valence-corrected chi connectivity index (χ3v) is 3.85. The summed E-state index contributed by atoms with van der Waals surface area (Å²) in [7, 11) is 1.75. The number of benzene rings is 1. The van der Waals surface area contributed by atoms with Gasteiger partial charge in [-0.05, 0) is 43.7 Å². The van der Waals surface area contributed by atoms with Crippen molar-refractivity contribution in [2.24, 2.45) is 0 Å². The second-order valence-electron chi connectivity index (χ2n) is 5.58. The number of anilines is 1. The lowest BCUT2D eigenvalue weighted by molar-refractivity contribution is 0.0802. The summed E-state index contributed by atoms with van der Waals surface area (Å²) in [5.74, 6) is -0.0447. The van der Waals surface area contributed by atoms with Gasteiger partial charge in [0.15, 0.2) is 0 Å². The van der Waals surface area contributed by atoms with Crippen LogP contribution in [0.25, 0.3) is 0 Å². The van der Waals surface area contributed by atoms with Crippen LogP contribution >= 0.6 is 0 Å². The summed E-state index contributed by atoms with van der Waals surface area (Å²) in [5.41, 5.74) is 1.95. The zero-order valence-electron chi connectivity index (χ0n) is 14.0. The van der Waals surface area contributed by atoms with E-state index in [1.165, 1.54) is 12.3 Å². The zero-order chi connectivity index (χ0) is 17.7. The molecule has 0 radical (unpaired) electrons. The Hall–Kier alpha value is -2.50. The first kappa shape index (κ1) is 17.8. The fourth-order valence-electron chi connectivity index (χ4n) is 2.24. The summed E-state index contributed by atoms with van der Waals surface area (Å²) in [5, 5.41) is 3.26. The number of aromatic nitrogens is 1. The van der Waals surface area contributed by atoms with Gasteiger partial charge in [-0.2, -0.15) is 0 Å². The molecule has 1 atom stereocenters. The topological polar surface area (TPSA) is 45.2 Å². The highest BCUT2D eigenvalue weighted by atomic mass is 19.3. The van der Waals surface area contributed by atoms with Crippen LogP contribution in [0, 0.1) is 0 Å². The number of hydrogen-bond acceptors (Lipinski definition) is 3. The zero-order valence-corrected chi connectivity index (χ0v) is 14.0. The molecule has 0 aliphatic carbocycles. The molecule has 1 unspecified atom stereocenters. The summed E-state index contributed by atoms with van der Waals surface area (Å²) < 4.78 is 25.1. The van der Waals surface area contributed by atoms with E-state index in [9.17, 15) is 13.6 Å². The van der Waals surface area contributed by atoms with E-state index < -0.39 is 6.43 Å². The number of halogens is 2. The van der Waals surface area contributed by atoms with Crippen LogP contribution in [-0.2, 0) is 0 Å². The minimum atomic E-state index is -2.57. The monoisotopic (exact) mass is 333 g/mol. The number of nitrogens with one attached hydrogen (secondary N) is 1. The Balaban J connectivity index is 2.11. The lowest BCUT2D eigenvalue weighted by atomic mass is 10.1. The summed E-state index contributed by atoms with van der Waals surface area (Å²) in [6.07, 6.45) is -1.13. The first-order chi connectivity index (χ1) is 11.4. The van der Waals surface area contributed by atoms with E-state index in [0.717, 1.165) is 11.3 Å². The number of nitrogens with zero attached hydrogens (tertiary/aromatic N) is 2. The van der Waals surface area contributed by atoms with Crippen molar-refractivity contribution in [1.82, 2.24) is 9.88 Å². The van der Waals surface area contributed by atoms with Crippen molar-refractivity contribution in [2.75, 3.05) is 18.9 Å².